The summed E-state index contributed by atoms with van der Waals surface area (Å²) < 4.78 is 8.59. The lowest BCUT2D eigenvalue weighted by molar-refractivity contribution is 0.320. The Kier molecular flexibility index (Phi) is 4.43. The molecule has 0 aliphatic heterocycles. The van der Waals surface area contributed by atoms with Crippen LogP contribution in [0.1, 0.15) is 27.2 Å². The molecular weight excluding hydrogens is 256 g/mol. The molecule has 1 N–H and O–H groups in total. The van der Waals surface area contributed by atoms with Gasteiger partial charge in [-0.1, -0.05) is 24.6 Å². The van der Waals surface area contributed by atoms with E-state index >= 15 is 0 Å². The summed E-state index contributed by atoms with van der Waals surface area (Å²) in [5, 5.41) is 0. The summed E-state index contributed by atoms with van der Waals surface area (Å²) in [6.45, 7) is 7.79. The lowest BCUT2D eigenvalue weighted by Crippen LogP contribution is -1.97. The smallest absolute Gasteiger partial charge is 0.178 e. The van der Waals surface area contributed by atoms with Crippen LogP contribution in [-0.2, 0) is 6.54 Å². The van der Waals surface area contributed by atoms with Gasteiger partial charge in [-0.15, -0.1) is 0 Å². The molecular formula is C15H20N2OS. The van der Waals surface area contributed by atoms with Gasteiger partial charge in [0.25, 0.3) is 0 Å². The predicted molar refractivity (Wildman–Crippen MR) is 82.3 cm³/mol. The number of para-hydroxylation sites is 1. The average molecular weight is 276 g/mol. The van der Waals surface area contributed by atoms with Crippen molar-refractivity contribution in [2.45, 2.75) is 33.7 Å². The first-order valence-electron chi connectivity index (χ1n) is 6.61. The third kappa shape index (κ3) is 3.07. The quantitative estimate of drug-likeness (QED) is 0.645. The molecule has 2 aromatic rings. The highest BCUT2D eigenvalue weighted by Crippen LogP contribution is 2.25. The Morgan fingerprint density at radius 1 is 1.42 bits per heavy atom. The first-order chi connectivity index (χ1) is 9.13. The van der Waals surface area contributed by atoms with Crippen molar-refractivity contribution in [2.24, 2.45) is 0 Å². The van der Waals surface area contributed by atoms with Gasteiger partial charge in [0, 0.05) is 6.54 Å². The minimum Gasteiger partial charge on any atom is -0.491 e. The maximum Gasteiger partial charge on any atom is 0.178 e. The van der Waals surface area contributed by atoms with Gasteiger partial charge in [-0.05, 0) is 44.6 Å². The highest BCUT2D eigenvalue weighted by Gasteiger charge is 2.08. The van der Waals surface area contributed by atoms with E-state index in [9.17, 15) is 0 Å². The summed E-state index contributed by atoms with van der Waals surface area (Å²) >= 11 is 5.40. The SMILES string of the molecule is CCCOc1cccc2c1[nH]c(=S)n2CC=C(C)C. The summed E-state index contributed by atoms with van der Waals surface area (Å²) in [4.78, 5) is 3.25. The highest BCUT2D eigenvalue weighted by molar-refractivity contribution is 7.71. The fourth-order valence-electron chi connectivity index (χ4n) is 1.94. The van der Waals surface area contributed by atoms with Gasteiger partial charge in [-0.3, -0.25) is 0 Å². The van der Waals surface area contributed by atoms with Crippen LogP contribution in [0.4, 0.5) is 0 Å². The molecule has 0 unspecified atom stereocenters. The summed E-state index contributed by atoms with van der Waals surface area (Å²) in [6.07, 6.45) is 3.16. The predicted octanol–water partition coefficient (Wildman–Crippen LogP) is 4.45. The number of benzene rings is 1. The lowest BCUT2D eigenvalue weighted by atomic mass is 10.3. The maximum atomic E-state index is 5.76. The van der Waals surface area contributed by atoms with Crippen molar-refractivity contribution in [3.8, 4) is 5.75 Å². The third-order valence-electron chi connectivity index (χ3n) is 2.92. The number of hydrogen-bond acceptors (Lipinski definition) is 2. The standard InChI is InChI=1S/C15H20N2OS/c1-4-10-18-13-7-5-6-12-14(13)16-15(19)17(12)9-8-11(2)3/h5-8H,4,9-10H2,1-3H3,(H,16,19). The Morgan fingerprint density at radius 3 is 2.89 bits per heavy atom. The van der Waals surface area contributed by atoms with Crippen molar-refractivity contribution in [1.82, 2.24) is 9.55 Å². The van der Waals surface area contributed by atoms with E-state index in [1.54, 1.807) is 0 Å². The number of fused-ring (bicyclic) bond motifs is 1. The number of nitrogens with one attached hydrogen (secondary N) is 1. The van der Waals surface area contributed by atoms with Gasteiger partial charge < -0.3 is 14.3 Å². The van der Waals surface area contributed by atoms with Crippen LogP contribution in [0.3, 0.4) is 0 Å². The Bertz CT molecular complexity index is 648. The van der Waals surface area contributed by atoms with Crippen LogP contribution in [0.2, 0.25) is 0 Å². The summed E-state index contributed by atoms with van der Waals surface area (Å²) in [6, 6.07) is 6.06. The average Bonchev–Trinajstić information content (AvgIpc) is 2.70. The fraction of sp³-hybridized carbons (Fsp3) is 0.400. The van der Waals surface area contributed by atoms with Crippen LogP contribution in [0, 0.1) is 4.77 Å². The normalized spacial score (nSPS) is 10.7. The number of ether oxygens (including phenoxy) is 1. The molecule has 0 spiro atoms. The molecule has 0 amide bonds. The van der Waals surface area contributed by atoms with E-state index < -0.39 is 0 Å². The molecule has 0 atom stereocenters. The molecule has 0 aliphatic rings. The number of nitrogens with zero attached hydrogens (tertiary/aromatic N) is 1. The number of hydrogen-bond donors (Lipinski definition) is 1. The molecule has 0 saturated carbocycles. The molecule has 1 aromatic carbocycles. The highest BCUT2D eigenvalue weighted by atomic mass is 32.1. The van der Waals surface area contributed by atoms with E-state index in [4.69, 9.17) is 17.0 Å². The van der Waals surface area contributed by atoms with E-state index in [1.165, 1.54) is 5.57 Å². The molecule has 0 fully saturated rings. The van der Waals surface area contributed by atoms with E-state index in [-0.39, 0.29) is 0 Å². The minimum absolute atomic E-state index is 0.721. The van der Waals surface area contributed by atoms with Crippen LogP contribution in [0.25, 0.3) is 11.0 Å². The first-order valence-corrected chi connectivity index (χ1v) is 7.02. The number of H-pyrrole nitrogens is 1. The second kappa shape index (κ2) is 6.06. The molecule has 0 aliphatic carbocycles. The second-order valence-electron chi connectivity index (χ2n) is 4.82. The van der Waals surface area contributed by atoms with E-state index in [1.807, 2.05) is 12.1 Å². The number of allylic oxidation sites excluding steroid dienone is 2. The monoisotopic (exact) mass is 276 g/mol. The Balaban J connectivity index is 2.46. The van der Waals surface area contributed by atoms with Crippen LogP contribution in [-0.4, -0.2) is 16.2 Å². The number of aromatic nitrogens is 2. The van der Waals surface area contributed by atoms with Gasteiger partial charge in [-0.25, -0.2) is 0 Å². The van der Waals surface area contributed by atoms with Gasteiger partial charge in [0.15, 0.2) is 4.77 Å². The fourth-order valence-corrected chi connectivity index (χ4v) is 2.22. The Labute approximate surface area is 118 Å². The van der Waals surface area contributed by atoms with Crippen molar-refractivity contribution in [3.05, 3.63) is 34.6 Å². The van der Waals surface area contributed by atoms with E-state index in [2.05, 4.69) is 42.5 Å². The molecule has 1 heterocycles. The zero-order valence-corrected chi connectivity index (χ0v) is 12.5. The molecule has 4 heteroatoms. The lowest BCUT2D eigenvalue weighted by Gasteiger charge is -2.06. The van der Waals surface area contributed by atoms with Crippen LogP contribution in [0.5, 0.6) is 5.75 Å². The number of rotatable bonds is 5. The molecule has 102 valence electrons. The first kappa shape index (κ1) is 13.9. The van der Waals surface area contributed by atoms with Gasteiger partial charge in [0.1, 0.15) is 11.3 Å². The molecule has 1 aromatic heterocycles. The van der Waals surface area contributed by atoms with Crippen molar-refractivity contribution < 1.29 is 4.74 Å². The number of imidazole rings is 1. The zero-order valence-electron chi connectivity index (χ0n) is 11.7. The van der Waals surface area contributed by atoms with Gasteiger partial charge >= 0.3 is 0 Å². The zero-order chi connectivity index (χ0) is 13.8. The van der Waals surface area contributed by atoms with Gasteiger partial charge in [-0.2, -0.15) is 0 Å². The molecule has 0 bridgehead atoms. The van der Waals surface area contributed by atoms with E-state index in [0.717, 1.165) is 41.1 Å². The van der Waals surface area contributed by atoms with Crippen molar-refractivity contribution >= 4 is 23.3 Å². The van der Waals surface area contributed by atoms with Gasteiger partial charge in [0.2, 0.25) is 0 Å². The molecule has 0 saturated heterocycles. The van der Waals surface area contributed by atoms with Crippen LogP contribution >= 0.6 is 12.2 Å². The van der Waals surface area contributed by atoms with Crippen LogP contribution in [0.15, 0.2) is 29.8 Å². The summed E-state index contributed by atoms with van der Waals surface area (Å²) in [7, 11) is 0. The molecule has 19 heavy (non-hydrogen) atoms. The van der Waals surface area contributed by atoms with Crippen molar-refractivity contribution in [1.29, 1.82) is 0 Å². The second-order valence-corrected chi connectivity index (χ2v) is 5.21. The van der Waals surface area contributed by atoms with Gasteiger partial charge in [0.05, 0.1) is 12.1 Å². The number of aromatic amines is 1. The van der Waals surface area contributed by atoms with Crippen molar-refractivity contribution in [3.63, 3.8) is 0 Å². The third-order valence-corrected chi connectivity index (χ3v) is 3.24. The van der Waals surface area contributed by atoms with E-state index in [0.29, 0.717) is 0 Å². The Morgan fingerprint density at radius 2 is 2.21 bits per heavy atom. The van der Waals surface area contributed by atoms with Crippen molar-refractivity contribution in [2.75, 3.05) is 6.61 Å². The summed E-state index contributed by atoms with van der Waals surface area (Å²) in [5.74, 6) is 0.876. The topological polar surface area (TPSA) is 29.9 Å². The molecule has 0 radical (unpaired) electrons. The largest absolute Gasteiger partial charge is 0.491 e. The molecule has 3 nitrogen and oxygen atoms in total. The molecule has 2 rings (SSSR count). The Hall–Kier alpha value is -1.55. The maximum absolute atomic E-state index is 5.76. The van der Waals surface area contributed by atoms with Crippen LogP contribution < -0.4 is 4.74 Å². The minimum atomic E-state index is 0.721. The summed E-state index contributed by atoms with van der Waals surface area (Å²) in [5.41, 5.74) is 3.37.